The number of Topliss-reactive ketones (excluding diaryl/α,β-unsaturated/α-hetero) is 1. The van der Waals surface area contributed by atoms with Gasteiger partial charge in [-0.1, -0.05) is 12.8 Å². The van der Waals surface area contributed by atoms with Crippen molar-refractivity contribution in [2.24, 2.45) is 13.0 Å². The summed E-state index contributed by atoms with van der Waals surface area (Å²) < 4.78 is 1.84. The largest absolute Gasteiger partial charge is 0.299 e. The highest BCUT2D eigenvalue weighted by molar-refractivity contribution is 5.82. The predicted molar refractivity (Wildman–Crippen MR) is 76.0 cm³/mol. The van der Waals surface area contributed by atoms with Crippen LogP contribution >= 0.6 is 0 Å². The first-order chi connectivity index (χ1) is 9.75. The molecule has 1 aliphatic heterocycles. The third-order valence-electron chi connectivity index (χ3n) is 4.88. The summed E-state index contributed by atoms with van der Waals surface area (Å²) in [6, 6.07) is 0.424. The molecule has 0 amide bonds. The second-order valence-electron chi connectivity index (χ2n) is 6.15. The monoisotopic (exact) mass is 276 g/mol. The zero-order valence-corrected chi connectivity index (χ0v) is 12.3. The van der Waals surface area contributed by atoms with Gasteiger partial charge >= 0.3 is 0 Å². The normalized spacial score (nSPS) is 28.8. The summed E-state index contributed by atoms with van der Waals surface area (Å²) in [5, 5.41) is 4.15. The van der Waals surface area contributed by atoms with E-state index in [2.05, 4.69) is 15.0 Å². The van der Waals surface area contributed by atoms with Crippen molar-refractivity contribution in [3.8, 4) is 0 Å². The van der Waals surface area contributed by atoms with Crippen LogP contribution < -0.4 is 0 Å². The minimum atomic E-state index is 0.261. The number of rotatable bonds is 3. The highest BCUT2D eigenvalue weighted by atomic mass is 16.1. The number of carbonyl (C=O) groups excluding carboxylic acids is 1. The molecule has 5 heteroatoms. The van der Waals surface area contributed by atoms with Crippen LogP contribution in [0.15, 0.2) is 6.33 Å². The van der Waals surface area contributed by atoms with Crippen LogP contribution in [0.4, 0.5) is 0 Å². The number of ketones is 1. The van der Waals surface area contributed by atoms with Gasteiger partial charge in [0.1, 0.15) is 17.9 Å². The first-order valence-corrected chi connectivity index (χ1v) is 7.85. The highest BCUT2D eigenvalue weighted by Gasteiger charge is 2.35. The minimum absolute atomic E-state index is 0.261. The van der Waals surface area contributed by atoms with E-state index in [9.17, 15) is 4.79 Å². The van der Waals surface area contributed by atoms with E-state index in [1.54, 1.807) is 6.33 Å². The Morgan fingerprint density at radius 3 is 2.85 bits per heavy atom. The second kappa shape index (κ2) is 6.04. The summed E-state index contributed by atoms with van der Waals surface area (Å²) in [5.74, 6) is 1.75. The van der Waals surface area contributed by atoms with Gasteiger partial charge in [-0.2, -0.15) is 5.10 Å². The molecular formula is C15H24N4O. The first-order valence-electron chi connectivity index (χ1n) is 7.85. The Hall–Kier alpha value is -1.23. The third-order valence-corrected chi connectivity index (χ3v) is 4.88. The molecule has 1 aliphatic carbocycles. The van der Waals surface area contributed by atoms with E-state index >= 15 is 0 Å². The molecule has 0 N–H and O–H groups in total. The van der Waals surface area contributed by atoms with E-state index in [1.165, 1.54) is 19.3 Å². The van der Waals surface area contributed by atoms with Gasteiger partial charge in [0, 0.05) is 25.4 Å². The number of carbonyl (C=O) groups is 1. The molecule has 2 heterocycles. The lowest BCUT2D eigenvalue weighted by Gasteiger charge is -2.40. The van der Waals surface area contributed by atoms with Gasteiger partial charge in [-0.3, -0.25) is 14.4 Å². The highest BCUT2D eigenvalue weighted by Crippen LogP contribution is 2.32. The number of piperidine rings is 1. The second-order valence-corrected chi connectivity index (χ2v) is 6.15. The van der Waals surface area contributed by atoms with Crippen molar-refractivity contribution in [2.75, 3.05) is 6.54 Å². The Morgan fingerprint density at radius 2 is 2.10 bits per heavy atom. The van der Waals surface area contributed by atoms with Crippen LogP contribution in [-0.2, 0) is 18.4 Å². The molecule has 1 aromatic rings. The lowest BCUT2D eigenvalue weighted by molar-refractivity contribution is -0.127. The van der Waals surface area contributed by atoms with E-state index in [-0.39, 0.29) is 5.92 Å². The fraction of sp³-hybridized carbons (Fsp3) is 0.800. The maximum atomic E-state index is 12.2. The quantitative estimate of drug-likeness (QED) is 0.846. The Morgan fingerprint density at radius 1 is 1.25 bits per heavy atom. The zero-order chi connectivity index (χ0) is 13.9. The Bertz CT molecular complexity index is 470. The molecule has 1 aromatic heterocycles. The lowest BCUT2D eigenvalue weighted by Crippen LogP contribution is -2.47. The average molecular weight is 276 g/mol. The summed E-state index contributed by atoms with van der Waals surface area (Å²) in [6.07, 6.45) is 9.43. The van der Waals surface area contributed by atoms with Crippen molar-refractivity contribution in [2.45, 2.75) is 57.5 Å². The standard InChI is InChI=1S/C15H24N4O/c1-18-15(16-11-17-18)10-19-9-5-4-7-13(19)12-6-2-3-8-14(12)20/h11-13H,2-10H2,1H3. The molecule has 20 heavy (non-hydrogen) atoms. The summed E-state index contributed by atoms with van der Waals surface area (Å²) in [4.78, 5) is 19.1. The molecule has 0 aromatic carbocycles. The fourth-order valence-corrected chi connectivity index (χ4v) is 3.73. The Labute approximate surface area is 120 Å². The van der Waals surface area contributed by atoms with E-state index in [0.29, 0.717) is 11.8 Å². The van der Waals surface area contributed by atoms with Crippen LogP contribution in [0.5, 0.6) is 0 Å². The molecule has 2 unspecified atom stereocenters. The van der Waals surface area contributed by atoms with Crippen LogP contribution in [0.2, 0.25) is 0 Å². The number of hydrogen-bond acceptors (Lipinski definition) is 4. The molecule has 3 rings (SSSR count). The molecule has 0 spiro atoms. The molecule has 2 aliphatic rings. The number of aryl methyl sites for hydroxylation is 1. The smallest absolute Gasteiger partial charge is 0.140 e. The molecule has 2 fully saturated rings. The van der Waals surface area contributed by atoms with Crippen molar-refractivity contribution >= 4 is 5.78 Å². The van der Waals surface area contributed by atoms with E-state index in [4.69, 9.17) is 0 Å². The van der Waals surface area contributed by atoms with Gasteiger partial charge in [0.05, 0.1) is 6.54 Å². The van der Waals surface area contributed by atoms with Crippen LogP contribution in [0, 0.1) is 5.92 Å². The van der Waals surface area contributed by atoms with Gasteiger partial charge < -0.3 is 0 Å². The van der Waals surface area contributed by atoms with Gasteiger partial charge in [0.2, 0.25) is 0 Å². The van der Waals surface area contributed by atoms with Crippen LogP contribution in [0.25, 0.3) is 0 Å². The number of nitrogens with zero attached hydrogens (tertiary/aromatic N) is 4. The first kappa shape index (κ1) is 13.7. The van der Waals surface area contributed by atoms with Gasteiger partial charge in [-0.05, 0) is 32.2 Å². The van der Waals surface area contributed by atoms with E-state index in [0.717, 1.165) is 44.6 Å². The molecular weight excluding hydrogens is 252 g/mol. The summed E-state index contributed by atoms with van der Waals surface area (Å²) in [6.45, 7) is 1.91. The third kappa shape index (κ3) is 2.77. The van der Waals surface area contributed by atoms with Gasteiger partial charge in [-0.15, -0.1) is 0 Å². The van der Waals surface area contributed by atoms with Crippen molar-refractivity contribution in [3.63, 3.8) is 0 Å². The van der Waals surface area contributed by atoms with Crippen molar-refractivity contribution in [1.29, 1.82) is 0 Å². The number of hydrogen-bond donors (Lipinski definition) is 0. The van der Waals surface area contributed by atoms with E-state index < -0.39 is 0 Å². The van der Waals surface area contributed by atoms with Gasteiger partial charge in [0.25, 0.3) is 0 Å². The van der Waals surface area contributed by atoms with Crippen LogP contribution in [0.3, 0.4) is 0 Å². The summed E-state index contributed by atoms with van der Waals surface area (Å²) in [5.41, 5.74) is 0. The average Bonchev–Trinajstić information content (AvgIpc) is 2.86. The number of likely N-dealkylation sites (tertiary alicyclic amines) is 1. The summed E-state index contributed by atoms with van der Waals surface area (Å²) in [7, 11) is 1.94. The maximum Gasteiger partial charge on any atom is 0.140 e. The molecule has 2 atom stereocenters. The van der Waals surface area contributed by atoms with E-state index in [1.807, 2.05) is 11.7 Å². The summed E-state index contributed by atoms with van der Waals surface area (Å²) >= 11 is 0. The lowest BCUT2D eigenvalue weighted by atomic mass is 9.79. The van der Waals surface area contributed by atoms with Gasteiger partial charge in [0.15, 0.2) is 0 Å². The van der Waals surface area contributed by atoms with Crippen molar-refractivity contribution in [1.82, 2.24) is 19.7 Å². The molecule has 5 nitrogen and oxygen atoms in total. The van der Waals surface area contributed by atoms with Crippen molar-refractivity contribution < 1.29 is 4.79 Å². The van der Waals surface area contributed by atoms with Crippen LogP contribution in [-0.4, -0.2) is 38.0 Å². The Kier molecular flexibility index (Phi) is 4.15. The zero-order valence-electron chi connectivity index (χ0n) is 12.3. The topological polar surface area (TPSA) is 51.0 Å². The molecule has 1 saturated heterocycles. The fourth-order valence-electron chi connectivity index (χ4n) is 3.73. The maximum absolute atomic E-state index is 12.2. The van der Waals surface area contributed by atoms with Crippen LogP contribution in [0.1, 0.15) is 50.8 Å². The molecule has 1 saturated carbocycles. The molecule has 0 bridgehead atoms. The number of aromatic nitrogens is 3. The molecule has 0 radical (unpaired) electrons. The Balaban J connectivity index is 1.73. The molecule has 110 valence electrons. The predicted octanol–water partition coefficient (Wildman–Crippen LogP) is 1.93. The SMILES string of the molecule is Cn1ncnc1CN1CCCCC1C1CCCCC1=O. The van der Waals surface area contributed by atoms with Gasteiger partial charge in [-0.25, -0.2) is 4.98 Å². The van der Waals surface area contributed by atoms with Crippen molar-refractivity contribution in [3.05, 3.63) is 12.2 Å². The minimum Gasteiger partial charge on any atom is -0.299 e.